The fourth-order valence-electron chi connectivity index (χ4n) is 3.38. The van der Waals surface area contributed by atoms with Crippen molar-refractivity contribution in [2.45, 2.75) is 32.5 Å². The highest BCUT2D eigenvalue weighted by atomic mass is 127. The largest absolute Gasteiger partial charge is 0.496 e. The molecule has 0 radical (unpaired) electrons. The molecule has 1 unspecified atom stereocenters. The van der Waals surface area contributed by atoms with E-state index >= 15 is 0 Å². The van der Waals surface area contributed by atoms with Crippen molar-refractivity contribution in [3.05, 3.63) is 53.5 Å². The third kappa shape index (κ3) is 4.55. The summed E-state index contributed by atoms with van der Waals surface area (Å²) >= 11 is 0. The van der Waals surface area contributed by atoms with Gasteiger partial charge < -0.3 is 20.1 Å². The lowest BCUT2D eigenvalue weighted by atomic mass is 10.1. The molecule has 1 aliphatic heterocycles. The highest BCUT2D eigenvalue weighted by Gasteiger charge is 2.21. The van der Waals surface area contributed by atoms with Crippen molar-refractivity contribution in [1.82, 2.24) is 25.2 Å². The number of methoxy groups -OCH3 is 1. The van der Waals surface area contributed by atoms with Gasteiger partial charge in [-0.3, -0.25) is 9.39 Å². The number of aromatic nitrogens is 3. The van der Waals surface area contributed by atoms with Crippen molar-refractivity contribution in [2.24, 2.45) is 4.99 Å². The Kier molecular flexibility index (Phi) is 6.78. The third-order valence-corrected chi connectivity index (χ3v) is 4.77. The molecular formula is C20H25IN6O2. The number of nitrogens with one attached hydrogen (secondary N) is 2. The molecule has 0 bridgehead atoms. The first kappa shape index (κ1) is 21.2. The van der Waals surface area contributed by atoms with E-state index in [9.17, 15) is 0 Å². The number of guanidine groups is 1. The van der Waals surface area contributed by atoms with E-state index in [-0.39, 0.29) is 30.1 Å². The van der Waals surface area contributed by atoms with Crippen LogP contribution in [0.25, 0.3) is 5.65 Å². The van der Waals surface area contributed by atoms with Gasteiger partial charge in [-0.05, 0) is 31.2 Å². The van der Waals surface area contributed by atoms with Crippen LogP contribution in [0.4, 0.5) is 0 Å². The second kappa shape index (κ2) is 9.29. The highest BCUT2D eigenvalue weighted by Crippen LogP contribution is 2.34. The predicted octanol–water partition coefficient (Wildman–Crippen LogP) is 2.54. The molecule has 1 aromatic carbocycles. The SMILES string of the molecule is CN=C(NCc1cc2c(cc1OC)CC(C)O2)NCc1nnc2ccccn12.I. The van der Waals surface area contributed by atoms with Crippen LogP contribution < -0.4 is 20.1 Å². The van der Waals surface area contributed by atoms with Crippen molar-refractivity contribution >= 4 is 35.6 Å². The van der Waals surface area contributed by atoms with Gasteiger partial charge in [0, 0.05) is 37.3 Å². The quantitative estimate of drug-likeness (QED) is 0.313. The van der Waals surface area contributed by atoms with E-state index < -0.39 is 0 Å². The summed E-state index contributed by atoms with van der Waals surface area (Å²) in [7, 11) is 3.43. The monoisotopic (exact) mass is 508 g/mol. The molecule has 2 aromatic heterocycles. The molecular weight excluding hydrogens is 483 g/mol. The van der Waals surface area contributed by atoms with Gasteiger partial charge in [0.15, 0.2) is 17.4 Å². The summed E-state index contributed by atoms with van der Waals surface area (Å²) in [5.41, 5.74) is 3.03. The van der Waals surface area contributed by atoms with E-state index in [4.69, 9.17) is 9.47 Å². The molecule has 154 valence electrons. The minimum absolute atomic E-state index is 0. The number of ether oxygens (including phenoxy) is 2. The van der Waals surface area contributed by atoms with Crippen molar-refractivity contribution in [3.63, 3.8) is 0 Å². The molecule has 4 rings (SSSR count). The molecule has 3 aromatic rings. The summed E-state index contributed by atoms with van der Waals surface area (Å²) < 4.78 is 13.4. The summed E-state index contributed by atoms with van der Waals surface area (Å²) in [5.74, 6) is 3.27. The minimum atomic E-state index is 0. The maximum absolute atomic E-state index is 5.87. The van der Waals surface area contributed by atoms with Gasteiger partial charge in [-0.2, -0.15) is 0 Å². The topological polar surface area (TPSA) is 85.1 Å². The lowest BCUT2D eigenvalue weighted by Crippen LogP contribution is -2.36. The number of fused-ring (bicyclic) bond motifs is 2. The molecule has 0 aliphatic carbocycles. The van der Waals surface area contributed by atoms with Gasteiger partial charge in [-0.15, -0.1) is 34.2 Å². The van der Waals surface area contributed by atoms with E-state index in [1.165, 1.54) is 5.56 Å². The number of benzene rings is 1. The molecule has 0 saturated heterocycles. The Morgan fingerprint density at radius 3 is 2.90 bits per heavy atom. The first-order valence-electron chi connectivity index (χ1n) is 9.27. The number of rotatable bonds is 5. The normalized spacial score (nSPS) is 15.4. The second-order valence-electron chi connectivity index (χ2n) is 6.73. The predicted molar refractivity (Wildman–Crippen MR) is 122 cm³/mol. The van der Waals surface area contributed by atoms with Crippen LogP contribution >= 0.6 is 24.0 Å². The lowest BCUT2D eigenvalue weighted by Gasteiger charge is -2.14. The van der Waals surface area contributed by atoms with Gasteiger partial charge in [0.1, 0.15) is 17.6 Å². The number of halogens is 1. The van der Waals surface area contributed by atoms with Gasteiger partial charge in [-0.25, -0.2) is 0 Å². The summed E-state index contributed by atoms with van der Waals surface area (Å²) in [6.45, 7) is 3.14. The van der Waals surface area contributed by atoms with Crippen molar-refractivity contribution in [3.8, 4) is 11.5 Å². The van der Waals surface area contributed by atoms with Gasteiger partial charge in [-0.1, -0.05) is 6.07 Å². The number of pyridine rings is 1. The number of nitrogens with zero attached hydrogens (tertiary/aromatic N) is 4. The molecule has 8 nitrogen and oxygen atoms in total. The molecule has 1 aliphatic rings. The van der Waals surface area contributed by atoms with Crippen LogP contribution in [0.2, 0.25) is 0 Å². The Morgan fingerprint density at radius 2 is 2.10 bits per heavy atom. The fraction of sp³-hybridized carbons (Fsp3) is 0.350. The minimum Gasteiger partial charge on any atom is -0.496 e. The zero-order valence-corrected chi connectivity index (χ0v) is 19.0. The van der Waals surface area contributed by atoms with Crippen molar-refractivity contribution in [2.75, 3.05) is 14.2 Å². The summed E-state index contributed by atoms with van der Waals surface area (Å²) in [6, 6.07) is 9.93. The van der Waals surface area contributed by atoms with Crippen LogP contribution in [-0.4, -0.2) is 40.8 Å². The molecule has 1 atom stereocenters. The van der Waals surface area contributed by atoms with Gasteiger partial charge in [0.2, 0.25) is 0 Å². The lowest BCUT2D eigenvalue weighted by molar-refractivity contribution is 0.254. The average Bonchev–Trinajstić information content (AvgIpc) is 3.29. The number of hydrogen-bond donors (Lipinski definition) is 2. The molecule has 0 amide bonds. The van der Waals surface area contributed by atoms with Crippen LogP contribution in [0.15, 0.2) is 41.5 Å². The van der Waals surface area contributed by atoms with E-state index in [0.717, 1.165) is 35.0 Å². The molecule has 2 N–H and O–H groups in total. The van der Waals surface area contributed by atoms with Crippen LogP contribution in [0, 0.1) is 0 Å². The smallest absolute Gasteiger partial charge is 0.191 e. The van der Waals surface area contributed by atoms with E-state index in [1.807, 2.05) is 34.9 Å². The van der Waals surface area contributed by atoms with Crippen molar-refractivity contribution < 1.29 is 9.47 Å². The van der Waals surface area contributed by atoms with Gasteiger partial charge in [0.25, 0.3) is 0 Å². The maximum Gasteiger partial charge on any atom is 0.191 e. The first-order valence-corrected chi connectivity index (χ1v) is 9.27. The summed E-state index contributed by atoms with van der Waals surface area (Å²) in [6.07, 6.45) is 3.06. The van der Waals surface area contributed by atoms with Crippen LogP contribution in [-0.2, 0) is 19.5 Å². The van der Waals surface area contributed by atoms with Gasteiger partial charge in [0.05, 0.1) is 13.7 Å². The molecule has 0 spiro atoms. The second-order valence-corrected chi connectivity index (χ2v) is 6.73. The van der Waals surface area contributed by atoms with E-state index in [2.05, 4.69) is 38.8 Å². The zero-order chi connectivity index (χ0) is 19.5. The van der Waals surface area contributed by atoms with Gasteiger partial charge >= 0.3 is 0 Å². The van der Waals surface area contributed by atoms with E-state index in [1.54, 1.807) is 14.2 Å². The maximum atomic E-state index is 5.87. The Bertz CT molecular complexity index is 1020. The molecule has 29 heavy (non-hydrogen) atoms. The number of aliphatic imine (C=N–C) groups is 1. The Morgan fingerprint density at radius 1 is 1.28 bits per heavy atom. The van der Waals surface area contributed by atoms with Crippen LogP contribution in [0.3, 0.4) is 0 Å². The highest BCUT2D eigenvalue weighted by molar-refractivity contribution is 14.0. The molecule has 3 heterocycles. The van der Waals surface area contributed by atoms with Crippen molar-refractivity contribution in [1.29, 1.82) is 0 Å². The Labute approximate surface area is 186 Å². The third-order valence-electron chi connectivity index (χ3n) is 4.77. The standard InChI is InChI=1S/C20H24N6O2.HI/c1-13-8-14-9-16(27-3)15(10-17(14)28-13)11-22-20(21-2)23-12-19-25-24-18-6-4-5-7-26(18)19;/h4-7,9-10,13H,8,11-12H2,1-3H3,(H2,21,22,23);1H. The number of hydrogen-bond acceptors (Lipinski definition) is 5. The molecule has 0 fully saturated rings. The molecule has 9 heteroatoms. The molecule has 0 saturated carbocycles. The summed E-state index contributed by atoms with van der Waals surface area (Å²) in [5, 5.41) is 15.0. The average molecular weight is 508 g/mol. The Hall–Kier alpha value is -2.56. The fourth-order valence-corrected chi connectivity index (χ4v) is 3.38. The summed E-state index contributed by atoms with van der Waals surface area (Å²) in [4.78, 5) is 4.29. The first-order chi connectivity index (χ1) is 13.7. The van der Waals surface area contributed by atoms with E-state index in [0.29, 0.717) is 19.0 Å². The van der Waals surface area contributed by atoms with Crippen LogP contribution in [0.1, 0.15) is 23.9 Å². The van der Waals surface area contributed by atoms with Crippen LogP contribution in [0.5, 0.6) is 11.5 Å². The Balaban J connectivity index is 0.00000240. The zero-order valence-electron chi connectivity index (χ0n) is 16.7.